The van der Waals surface area contributed by atoms with Crippen molar-refractivity contribution in [1.29, 1.82) is 0 Å². The Bertz CT molecular complexity index is 1330. The van der Waals surface area contributed by atoms with Gasteiger partial charge in [0.05, 0.1) is 18.8 Å². The Morgan fingerprint density at radius 3 is 2.50 bits per heavy atom. The highest BCUT2D eigenvalue weighted by molar-refractivity contribution is 6.30. The molecule has 170 valence electrons. The number of fused-ring (bicyclic) bond motifs is 1. The molecule has 2 heterocycles. The summed E-state index contributed by atoms with van der Waals surface area (Å²) in [5.41, 5.74) is 4.05. The van der Waals surface area contributed by atoms with Gasteiger partial charge in [-0.2, -0.15) is 5.10 Å². The Hall–Kier alpha value is -4.03. The normalized spacial score (nSPS) is 14.5. The van der Waals surface area contributed by atoms with Crippen molar-refractivity contribution in [3.8, 4) is 5.75 Å². The summed E-state index contributed by atoms with van der Waals surface area (Å²) in [7, 11) is 0. The average molecular weight is 471 g/mol. The summed E-state index contributed by atoms with van der Waals surface area (Å²) in [6.45, 7) is 2.52. The van der Waals surface area contributed by atoms with E-state index in [9.17, 15) is 4.79 Å². The molecule has 1 amide bonds. The van der Waals surface area contributed by atoms with Gasteiger partial charge in [0, 0.05) is 16.4 Å². The zero-order valence-electron chi connectivity index (χ0n) is 18.5. The topological polar surface area (TPSA) is 68.2 Å². The van der Waals surface area contributed by atoms with Crippen molar-refractivity contribution in [2.45, 2.75) is 13.0 Å². The number of benzene rings is 3. The maximum absolute atomic E-state index is 13.2. The minimum atomic E-state index is -0.248. The maximum Gasteiger partial charge on any atom is 0.261 e. The highest BCUT2D eigenvalue weighted by atomic mass is 35.5. The smallest absolute Gasteiger partial charge is 0.261 e. The summed E-state index contributed by atoms with van der Waals surface area (Å²) in [4.78, 5) is 13.2. The third-order valence-electron chi connectivity index (χ3n) is 5.60. The first kappa shape index (κ1) is 21.8. The van der Waals surface area contributed by atoms with Crippen LogP contribution in [0.1, 0.15) is 34.5 Å². The van der Waals surface area contributed by atoms with Crippen LogP contribution in [0.15, 0.2) is 91.1 Å². The molecule has 1 aliphatic rings. The molecule has 0 unspecified atom stereocenters. The van der Waals surface area contributed by atoms with Crippen LogP contribution in [0.5, 0.6) is 5.75 Å². The number of nitrogens with zero attached hydrogens (tertiary/aromatic N) is 2. The molecule has 1 aromatic heterocycles. The Morgan fingerprint density at radius 1 is 1.06 bits per heavy atom. The molecule has 0 saturated carbocycles. The molecule has 34 heavy (non-hydrogen) atoms. The first-order chi connectivity index (χ1) is 16.6. The molecule has 0 fully saturated rings. The summed E-state index contributed by atoms with van der Waals surface area (Å²) in [5.74, 6) is 1.14. The van der Waals surface area contributed by atoms with Gasteiger partial charge in [0.25, 0.3) is 5.91 Å². The van der Waals surface area contributed by atoms with E-state index in [1.54, 1.807) is 6.20 Å². The molecular weight excluding hydrogens is 448 g/mol. The molecule has 0 saturated heterocycles. The Balaban J connectivity index is 1.49. The van der Waals surface area contributed by atoms with Gasteiger partial charge in [0.1, 0.15) is 17.1 Å². The fourth-order valence-electron chi connectivity index (χ4n) is 3.95. The summed E-state index contributed by atoms with van der Waals surface area (Å²) >= 11 is 6.10. The van der Waals surface area contributed by atoms with Crippen LogP contribution in [-0.2, 0) is 0 Å². The molecule has 7 heteroatoms. The van der Waals surface area contributed by atoms with Crippen LogP contribution in [0.4, 0.5) is 11.5 Å². The zero-order valence-corrected chi connectivity index (χ0v) is 19.3. The van der Waals surface area contributed by atoms with Crippen molar-refractivity contribution in [3.05, 3.63) is 113 Å². The SMILES string of the molecule is CCOc1ccc(NC(=O)c2cnn3c2NC(c2ccc(Cl)cc2)=C[C@@H]3c2ccccc2)cc1. The van der Waals surface area contributed by atoms with Crippen LogP contribution in [0, 0.1) is 0 Å². The second kappa shape index (κ2) is 9.45. The number of halogens is 1. The van der Waals surface area contributed by atoms with Crippen molar-refractivity contribution < 1.29 is 9.53 Å². The Kier molecular flexibility index (Phi) is 6.06. The molecule has 3 aromatic carbocycles. The van der Waals surface area contributed by atoms with Crippen molar-refractivity contribution in [3.63, 3.8) is 0 Å². The van der Waals surface area contributed by atoms with Crippen molar-refractivity contribution >= 4 is 34.7 Å². The van der Waals surface area contributed by atoms with E-state index in [4.69, 9.17) is 16.3 Å². The molecule has 0 bridgehead atoms. The quantitative estimate of drug-likeness (QED) is 0.350. The lowest BCUT2D eigenvalue weighted by molar-refractivity contribution is 0.102. The highest BCUT2D eigenvalue weighted by Gasteiger charge is 2.27. The van der Waals surface area contributed by atoms with E-state index in [0.717, 1.165) is 22.6 Å². The van der Waals surface area contributed by atoms with Crippen LogP contribution in [0.25, 0.3) is 5.70 Å². The van der Waals surface area contributed by atoms with Gasteiger partial charge in [-0.1, -0.05) is 54.1 Å². The van der Waals surface area contributed by atoms with E-state index in [2.05, 4.69) is 33.9 Å². The third kappa shape index (κ3) is 4.40. The monoisotopic (exact) mass is 470 g/mol. The predicted octanol–water partition coefficient (Wildman–Crippen LogP) is 6.24. The van der Waals surface area contributed by atoms with Crippen LogP contribution in [-0.4, -0.2) is 22.3 Å². The summed E-state index contributed by atoms with van der Waals surface area (Å²) in [6.07, 6.45) is 3.70. The molecular formula is C27H23ClN4O2. The Labute approximate surface area is 202 Å². The van der Waals surface area contributed by atoms with E-state index >= 15 is 0 Å². The first-order valence-electron chi connectivity index (χ1n) is 11.0. The molecule has 4 aromatic rings. The van der Waals surface area contributed by atoms with Gasteiger partial charge >= 0.3 is 0 Å². The van der Waals surface area contributed by atoms with E-state index < -0.39 is 0 Å². The molecule has 2 N–H and O–H groups in total. The number of carbonyl (C=O) groups is 1. The minimum absolute atomic E-state index is 0.171. The number of amides is 1. The lowest BCUT2D eigenvalue weighted by atomic mass is 10.0. The first-order valence-corrected chi connectivity index (χ1v) is 11.4. The van der Waals surface area contributed by atoms with Crippen molar-refractivity contribution in [2.75, 3.05) is 17.2 Å². The zero-order chi connectivity index (χ0) is 23.5. The highest BCUT2D eigenvalue weighted by Crippen LogP contribution is 2.35. The summed E-state index contributed by atoms with van der Waals surface area (Å²) in [5, 5.41) is 11.6. The number of carbonyl (C=O) groups excluding carboxylic acids is 1. The molecule has 6 nitrogen and oxygen atoms in total. The third-order valence-corrected chi connectivity index (χ3v) is 5.85. The van der Waals surface area contributed by atoms with Gasteiger partial charge in [-0.05, 0) is 60.5 Å². The van der Waals surface area contributed by atoms with Crippen LogP contribution in [0.3, 0.4) is 0 Å². The van der Waals surface area contributed by atoms with Gasteiger partial charge in [-0.15, -0.1) is 0 Å². The summed E-state index contributed by atoms with van der Waals surface area (Å²) in [6, 6.07) is 24.8. The Morgan fingerprint density at radius 2 is 1.79 bits per heavy atom. The van der Waals surface area contributed by atoms with E-state index in [-0.39, 0.29) is 11.9 Å². The van der Waals surface area contributed by atoms with E-state index in [1.165, 1.54) is 0 Å². The molecule has 5 rings (SSSR count). The average Bonchev–Trinajstić information content (AvgIpc) is 3.30. The number of ether oxygens (including phenoxy) is 1. The lowest BCUT2D eigenvalue weighted by Crippen LogP contribution is -2.22. The number of aromatic nitrogens is 2. The van der Waals surface area contributed by atoms with Crippen LogP contribution in [0.2, 0.25) is 5.02 Å². The van der Waals surface area contributed by atoms with Crippen molar-refractivity contribution in [1.82, 2.24) is 9.78 Å². The van der Waals surface area contributed by atoms with Crippen molar-refractivity contribution in [2.24, 2.45) is 0 Å². The minimum Gasteiger partial charge on any atom is -0.494 e. The maximum atomic E-state index is 13.2. The molecule has 0 spiro atoms. The fourth-order valence-corrected chi connectivity index (χ4v) is 4.07. The van der Waals surface area contributed by atoms with Crippen LogP contribution < -0.4 is 15.4 Å². The fraction of sp³-hybridized carbons (Fsp3) is 0.111. The molecule has 0 aliphatic carbocycles. The number of rotatable bonds is 6. The van der Waals surface area contributed by atoms with Gasteiger partial charge in [-0.25, -0.2) is 4.68 Å². The molecule has 1 aliphatic heterocycles. The lowest BCUT2D eigenvalue weighted by Gasteiger charge is -2.26. The molecule has 0 radical (unpaired) electrons. The largest absolute Gasteiger partial charge is 0.494 e. The molecule has 1 atom stereocenters. The van der Waals surface area contributed by atoms with Gasteiger partial charge in [-0.3, -0.25) is 4.79 Å². The summed E-state index contributed by atoms with van der Waals surface area (Å²) < 4.78 is 7.31. The predicted molar refractivity (Wildman–Crippen MR) is 135 cm³/mol. The number of hydrogen-bond acceptors (Lipinski definition) is 4. The van der Waals surface area contributed by atoms with Crippen LogP contribution >= 0.6 is 11.6 Å². The second-order valence-corrected chi connectivity index (χ2v) is 8.27. The van der Waals surface area contributed by atoms with Gasteiger partial charge in [0.15, 0.2) is 0 Å². The number of hydrogen-bond donors (Lipinski definition) is 2. The second-order valence-electron chi connectivity index (χ2n) is 7.83. The number of allylic oxidation sites excluding steroid dienone is 1. The standard InChI is InChI=1S/C27H23ClN4O2/c1-2-34-22-14-12-21(13-15-22)30-27(33)23-17-29-32-25(19-6-4-3-5-7-19)16-24(31-26(23)32)18-8-10-20(28)11-9-18/h3-17,25,31H,2H2,1H3,(H,30,33)/t25-/m1/s1. The number of nitrogens with one attached hydrogen (secondary N) is 2. The van der Waals surface area contributed by atoms with E-state index in [0.29, 0.717) is 28.7 Å². The number of anilines is 2. The van der Waals surface area contributed by atoms with E-state index in [1.807, 2.05) is 78.3 Å². The van der Waals surface area contributed by atoms with Gasteiger partial charge < -0.3 is 15.4 Å². The van der Waals surface area contributed by atoms with Gasteiger partial charge in [0.2, 0.25) is 0 Å².